The van der Waals surface area contributed by atoms with Crippen molar-refractivity contribution in [3.05, 3.63) is 48.1 Å². The van der Waals surface area contributed by atoms with Gasteiger partial charge in [-0.15, -0.1) is 11.3 Å². The maximum absolute atomic E-state index is 12.6. The molecule has 126 valence electrons. The molecule has 0 spiro atoms. The van der Waals surface area contributed by atoms with Gasteiger partial charge in [-0.25, -0.2) is 13.4 Å². The molecule has 0 N–H and O–H groups in total. The monoisotopic (exact) mass is 361 g/mol. The topological polar surface area (TPSA) is 55.2 Å². The fourth-order valence-electron chi connectivity index (χ4n) is 3.32. The van der Waals surface area contributed by atoms with Gasteiger partial charge in [-0.3, -0.25) is 0 Å². The standard InChI is InChI=1S/C17H19N3O2S2/c21-24(22,16-4-2-12-23-16)20-10-5-14(6-11-20)13-19-9-7-15-3-1-8-18-17(15)19/h1-4,7-9,12,14H,5-6,10-11,13H2. The number of rotatable bonds is 4. The van der Waals surface area contributed by atoms with E-state index in [0.717, 1.165) is 30.4 Å². The molecule has 0 aromatic carbocycles. The van der Waals surface area contributed by atoms with Crippen molar-refractivity contribution >= 4 is 32.4 Å². The lowest BCUT2D eigenvalue weighted by Gasteiger charge is -2.31. The summed E-state index contributed by atoms with van der Waals surface area (Å²) in [6, 6.07) is 9.56. The lowest BCUT2D eigenvalue weighted by atomic mass is 9.98. The first kappa shape index (κ1) is 15.8. The Bertz CT molecular complexity index is 924. The van der Waals surface area contributed by atoms with Gasteiger partial charge in [-0.05, 0) is 48.4 Å². The van der Waals surface area contributed by atoms with E-state index in [2.05, 4.69) is 27.9 Å². The SMILES string of the molecule is O=S(=O)(c1cccs1)N1CCC(Cn2ccc3cccnc32)CC1. The highest BCUT2D eigenvalue weighted by Gasteiger charge is 2.30. The van der Waals surface area contributed by atoms with Gasteiger partial charge in [-0.2, -0.15) is 4.31 Å². The molecule has 24 heavy (non-hydrogen) atoms. The third-order valence-corrected chi connectivity index (χ3v) is 7.91. The molecular formula is C17H19N3O2S2. The van der Waals surface area contributed by atoms with E-state index in [1.807, 2.05) is 17.6 Å². The van der Waals surface area contributed by atoms with E-state index >= 15 is 0 Å². The van der Waals surface area contributed by atoms with Crippen molar-refractivity contribution in [1.82, 2.24) is 13.9 Å². The number of pyridine rings is 1. The number of nitrogens with zero attached hydrogens (tertiary/aromatic N) is 3. The molecule has 1 fully saturated rings. The second-order valence-corrected chi connectivity index (χ2v) is 9.28. The van der Waals surface area contributed by atoms with Crippen molar-refractivity contribution in [3.8, 4) is 0 Å². The predicted molar refractivity (Wildman–Crippen MR) is 95.5 cm³/mol. The Morgan fingerprint density at radius 1 is 1.17 bits per heavy atom. The van der Waals surface area contributed by atoms with Gasteiger partial charge < -0.3 is 4.57 Å². The fourth-order valence-corrected chi connectivity index (χ4v) is 5.93. The van der Waals surface area contributed by atoms with Gasteiger partial charge in [0.05, 0.1) is 0 Å². The molecule has 0 radical (unpaired) electrons. The van der Waals surface area contributed by atoms with Crippen molar-refractivity contribution in [2.45, 2.75) is 23.6 Å². The van der Waals surface area contributed by atoms with Crippen LogP contribution in [-0.4, -0.2) is 35.4 Å². The van der Waals surface area contributed by atoms with Crippen LogP contribution in [0.2, 0.25) is 0 Å². The minimum atomic E-state index is -3.31. The van der Waals surface area contributed by atoms with E-state index in [0.29, 0.717) is 23.2 Å². The molecule has 0 aliphatic carbocycles. The van der Waals surface area contributed by atoms with E-state index in [4.69, 9.17) is 0 Å². The minimum absolute atomic E-state index is 0.446. The molecule has 0 saturated carbocycles. The Balaban J connectivity index is 1.43. The molecule has 1 aliphatic heterocycles. The second kappa shape index (κ2) is 6.31. The van der Waals surface area contributed by atoms with Crippen LogP contribution in [0.25, 0.3) is 11.0 Å². The second-order valence-electron chi connectivity index (χ2n) is 6.16. The molecule has 5 nitrogen and oxygen atoms in total. The Labute approximate surface area is 145 Å². The average molecular weight is 361 g/mol. The molecule has 3 aromatic rings. The summed E-state index contributed by atoms with van der Waals surface area (Å²) in [5.74, 6) is 0.484. The molecule has 1 aliphatic rings. The zero-order valence-electron chi connectivity index (χ0n) is 13.2. The molecule has 4 rings (SSSR count). The summed E-state index contributed by atoms with van der Waals surface area (Å²) >= 11 is 1.29. The smallest absolute Gasteiger partial charge is 0.252 e. The highest BCUT2D eigenvalue weighted by atomic mass is 32.2. The Morgan fingerprint density at radius 3 is 2.75 bits per heavy atom. The third kappa shape index (κ3) is 2.87. The highest BCUT2D eigenvalue weighted by Crippen LogP contribution is 2.27. The van der Waals surface area contributed by atoms with Crippen LogP contribution >= 0.6 is 11.3 Å². The zero-order chi connectivity index (χ0) is 16.6. The van der Waals surface area contributed by atoms with Crippen molar-refractivity contribution < 1.29 is 8.42 Å². The van der Waals surface area contributed by atoms with Crippen LogP contribution in [0.4, 0.5) is 0 Å². The first-order valence-electron chi connectivity index (χ1n) is 8.08. The van der Waals surface area contributed by atoms with E-state index in [9.17, 15) is 8.42 Å². The summed E-state index contributed by atoms with van der Waals surface area (Å²) in [4.78, 5) is 4.45. The largest absolute Gasteiger partial charge is 0.332 e. The normalized spacial score (nSPS) is 17.5. The Kier molecular flexibility index (Phi) is 4.15. The lowest BCUT2D eigenvalue weighted by molar-refractivity contribution is 0.255. The van der Waals surface area contributed by atoms with Crippen molar-refractivity contribution in [1.29, 1.82) is 0 Å². The molecule has 0 amide bonds. The van der Waals surface area contributed by atoms with Crippen LogP contribution in [0.5, 0.6) is 0 Å². The molecule has 7 heteroatoms. The van der Waals surface area contributed by atoms with Gasteiger partial charge in [-0.1, -0.05) is 6.07 Å². The number of hydrogen-bond acceptors (Lipinski definition) is 4. The first-order chi connectivity index (χ1) is 11.6. The van der Waals surface area contributed by atoms with E-state index in [-0.39, 0.29) is 0 Å². The van der Waals surface area contributed by atoms with Gasteiger partial charge in [0.2, 0.25) is 0 Å². The highest BCUT2D eigenvalue weighted by molar-refractivity contribution is 7.91. The molecule has 0 atom stereocenters. The molecule has 0 unspecified atom stereocenters. The van der Waals surface area contributed by atoms with Crippen molar-refractivity contribution in [2.24, 2.45) is 5.92 Å². The number of thiophene rings is 1. The van der Waals surface area contributed by atoms with Crippen LogP contribution in [0, 0.1) is 5.92 Å². The van der Waals surface area contributed by atoms with Gasteiger partial charge in [0.1, 0.15) is 9.86 Å². The van der Waals surface area contributed by atoms with Crippen LogP contribution in [-0.2, 0) is 16.6 Å². The number of hydrogen-bond donors (Lipinski definition) is 0. The van der Waals surface area contributed by atoms with Crippen LogP contribution < -0.4 is 0 Å². The average Bonchev–Trinajstić information content (AvgIpc) is 3.26. The van der Waals surface area contributed by atoms with E-state index in [1.54, 1.807) is 16.4 Å². The summed E-state index contributed by atoms with van der Waals surface area (Å²) in [6.45, 7) is 2.09. The zero-order valence-corrected chi connectivity index (χ0v) is 14.8. The summed E-state index contributed by atoms with van der Waals surface area (Å²) in [5, 5.41) is 2.96. The molecule has 0 bridgehead atoms. The minimum Gasteiger partial charge on any atom is -0.332 e. The third-order valence-electron chi connectivity index (χ3n) is 4.64. The summed E-state index contributed by atoms with van der Waals surface area (Å²) in [7, 11) is -3.31. The Morgan fingerprint density at radius 2 is 2.00 bits per heavy atom. The quantitative estimate of drug-likeness (QED) is 0.717. The molecule has 3 aromatic heterocycles. The predicted octanol–water partition coefficient (Wildman–Crippen LogP) is 3.20. The maximum Gasteiger partial charge on any atom is 0.252 e. The van der Waals surface area contributed by atoms with E-state index in [1.165, 1.54) is 11.3 Å². The van der Waals surface area contributed by atoms with Crippen molar-refractivity contribution in [2.75, 3.05) is 13.1 Å². The van der Waals surface area contributed by atoms with Crippen molar-refractivity contribution in [3.63, 3.8) is 0 Å². The van der Waals surface area contributed by atoms with Gasteiger partial charge in [0, 0.05) is 37.4 Å². The number of fused-ring (bicyclic) bond motifs is 1. The first-order valence-corrected chi connectivity index (χ1v) is 10.4. The molecule has 4 heterocycles. The maximum atomic E-state index is 12.6. The number of piperidine rings is 1. The van der Waals surface area contributed by atoms with Crippen LogP contribution in [0.1, 0.15) is 12.8 Å². The fraction of sp³-hybridized carbons (Fsp3) is 0.353. The summed E-state index contributed by atoms with van der Waals surface area (Å²) in [6.07, 6.45) is 5.66. The van der Waals surface area contributed by atoms with Gasteiger partial charge >= 0.3 is 0 Å². The molecule has 1 saturated heterocycles. The van der Waals surface area contributed by atoms with E-state index < -0.39 is 10.0 Å². The van der Waals surface area contributed by atoms with Crippen LogP contribution in [0.15, 0.2) is 52.3 Å². The number of sulfonamides is 1. The lowest BCUT2D eigenvalue weighted by Crippen LogP contribution is -2.39. The summed E-state index contributed by atoms with van der Waals surface area (Å²) in [5.41, 5.74) is 1.01. The molecular weight excluding hydrogens is 342 g/mol. The van der Waals surface area contributed by atoms with Gasteiger partial charge in [0.25, 0.3) is 10.0 Å². The van der Waals surface area contributed by atoms with Gasteiger partial charge in [0.15, 0.2) is 0 Å². The Hall–Kier alpha value is -1.70. The number of aromatic nitrogens is 2. The van der Waals surface area contributed by atoms with Crippen LogP contribution in [0.3, 0.4) is 0 Å². The summed E-state index contributed by atoms with van der Waals surface area (Å²) < 4.78 is 29.4.